The molecule has 0 aliphatic rings. The maximum Gasteiger partial charge on any atom is 0.326 e. The predicted octanol–water partition coefficient (Wildman–Crippen LogP) is 3.17. The van der Waals surface area contributed by atoms with Crippen LogP contribution in [0.25, 0.3) is 0 Å². The van der Waals surface area contributed by atoms with Gasteiger partial charge < -0.3 is 14.7 Å². The fourth-order valence-corrected chi connectivity index (χ4v) is 2.81. The highest BCUT2D eigenvalue weighted by molar-refractivity contribution is 5.83. The van der Waals surface area contributed by atoms with E-state index in [0.717, 1.165) is 23.3 Å². The van der Waals surface area contributed by atoms with Gasteiger partial charge in [-0.15, -0.1) is 0 Å². The minimum absolute atomic E-state index is 0.151. The number of benzene rings is 2. The lowest BCUT2D eigenvalue weighted by Crippen LogP contribution is -2.43. The van der Waals surface area contributed by atoms with Crippen LogP contribution in [0.2, 0.25) is 0 Å². The van der Waals surface area contributed by atoms with Gasteiger partial charge in [-0.2, -0.15) is 0 Å². The second-order valence-electron chi connectivity index (χ2n) is 6.25. The van der Waals surface area contributed by atoms with Crippen molar-refractivity contribution < 1.29 is 19.4 Å². The predicted molar refractivity (Wildman–Crippen MR) is 100 cm³/mol. The summed E-state index contributed by atoms with van der Waals surface area (Å²) in [5.74, 6) is -0.337. The first-order valence-electron chi connectivity index (χ1n) is 8.66. The minimum Gasteiger partial charge on any atom is -0.497 e. The van der Waals surface area contributed by atoms with Crippen molar-refractivity contribution in [3.63, 3.8) is 0 Å². The van der Waals surface area contributed by atoms with Crippen LogP contribution >= 0.6 is 0 Å². The summed E-state index contributed by atoms with van der Waals surface area (Å²) in [6, 6.07) is 16.2. The van der Waals surface area contributed by atoms with Gasteiger partial charge in [-0.1, -0.05) is 42.5 Å². The van der Waals surface area contributed by atoms with E-state index in [-0.39, 0.29) is 5.91 Å². The van der Waals surface area contributed by atoms with Crippen LogP contribution in [0.1, 0.15) is 24.0 Å². The molecule has 2 aromatic carbocycles. The average molecular weight is 355 g/mol. The highest BCUT2D eigenvalue weighted by Gasteiger charge is 2.26. The Morgan fingerprint density at radius 2 is 1.69 bits per heavy atom. The lowest BCUT2D eigenvalue weighted by atomic mass is 10.0. The van der Waals surface area contributed by atoms with Gasteiger partial charge in [0.1, 0.15) is 11.8 Å². The number of methoxy groups -OCH3 is 1. The summed E-state index contributed by atoms with van der Waals surface area (Å²) < 4.78 is 5.12. The van der Waals surface area contributed by atoms with Crippen LogP contribution in [0, 0.1) is 0 Å². The van der Waals surface area contributed by atoms with E-state index in [2.05, 4.69) is 0 Å². The fraction of sp³-hybridized carbons (Fsp3) is 0.333. The van der Waals surface area contributed by atoms with Crippen molar-refractivity contribution >= 4 is 11.9 Å². The molecular weight excluding hydrogens is 330 g/mol. The van der Waals surface area contributed by atoms with Crippen molar-refractivity contribution in [1.29, 1.82) is 0 Å². The third kappa shape index (κ3) is 5.62. The number of carbonyl (C=O) groups excluding carboxylic acids is 1. The highest BCUT2D eigenvalue weighted by atomic mass is 16.5. The maximum absolute atomic E-state index is 12.4. The Morgan fingerprint density at radius 3 is 2.27 bits per heavy atom. The number of likely N-dealkylation sites (N-methyl/N-ethyl adjacent to an activating group) is 1. The number of ether oxygens (including phenoxy) is 1. The number of amides is 1. The smallest absolute Gasteiger partial charge is 0.326 e. The average Bonchev–Trinajstić information content (AvgIpc) is 2.66. The van der Waals surface area contributed by atoms with Gasteiger partial charge in [0, 0.05) is 19.9 Å². The van der Waals surface area contributed by atoms with Gasteiger partial charge >= 0.3 is 5.97 Å². The van der Waals surface area contributed by atoms with Crippen LogP contribution in [0.15, 0.2) is 54.6 Å². The van der Waals surface area contributed by atoms with Crippen molar-refractivity contribution in [2.45, 2.75) is 31.7 Å². The van der Waals surface area contributed by atoms with E-state index in [1.165, 1.54) is 4.90 Å². The molecule has 2 rings (SSSR count). The summed E-state index contributed by atoms with van der Waals surface area (Å²) in [7, 11) is 3.19. The molecule has 2 aromatic rings. The first-order valence-corrected chi connectivity index (χ1v) is 8.66. The van der Waals surface area contributed by atoms with E-state index in [4.69, 9.17) is 4.74 Å². The molecular formula is C21H25NO4. The monoisotopic (exact) mass is 355 g/mol. The number of carbonyl (C=O) groups is 2. The minimum atomic E-state index is -0.986. The SMILES string of the molecule is COc1ccc(CCCC(=O)N(C)C(Cc2ccccc2)C(=O)O)cc1. The summed E-state index contributed by atoms with van der Waals surface area (Å²) in [5, 5.41) is 9.50. The second-order valence-corrected chi connectivity index (χ2v) is 6.25. The molecule has 26 heavy (non-hydrogen) atoms. The number of aliphatic carboxylic acids is 1. The number of hydrogen-bond donors (Lipinski definition) is 1. The van der Waals surface area contributed by atoms with Crippen molar-refractivity contribution in [2.75, 3.05) is 14.2 Å². The van der Waals surface area contributed by atoms with E-state index < -0.39 is 12.0 Å². The molecule has 0 aromatic heterocycles. The largest absolute Gasteiger partial charge is 0.497 e. The Kier molecular flexibility index (Phi) is 7.21. The van der Waals surface area contributed by atoms with E-state index in [1.807, 2.05) is 54.6 Å². The zero-order valence-corrected chi connectivity index (χ0v) is 15.2. The van der Waals surface area contributed by atoms with Gasteiger partial charge in [0.25, 0.3) is 0 Å². The molecule has 1 amide bonds. The maximum atomic E-state index is 12.4. The van der Waals surface area contributed by atoms with Gasteiger partial charge in [0.05, 0.1) is 7.11 Å². The lowest BCUT2D eigenvalue weighted by Gasteiger charge is -2.25. The molecule has 0 heterocycles. The van der Waals surface area contributed by atoms with Crippen molar-refractivity contribution in [3.8, 4) is 5.75 Å². The molecule has 0 fully saturated rings. The third-order valence-electron chi connectivity index (χ3n) is 4.43. The Bertz CT molecular complexity index is 713. The van der Waals surface area contributed by atoms with Crippen LogP contribution < -0.4 is 4.74 Å². The molecule has 0 spiro atoms. The molecule has 138 valence electrons. The van der Waals surface area contributed by atoms with Crippen LogP contribution in [0.4, 0.5) is 0 Å². The number of rotatable bonds is 9. The summed E-state index contributed by atoms with van der Waals surface area (Å²) in [6.45, 7) is 0. The van der Waals surface area contributed by atoms with Crippen LogP contribution in [0.3, 0.4) is 0 Å². The quantitative estimate of drug-likeness (QED) is 0.750. The lowest BCUT2D eigenvalue weighted by molar-refractivity contribution is -0.149. The van der Waals surface area contributed by atoms with Gasteiger partial charge in [0.15, 0.2) is 0 Å². The molecule has 0 aliphatic heterocycles. The molecule has 0 radical (unpaired) electrons. The van der Waals surface area contributed by atoms with Gasteiger partial charge in [-0.25, -0.2) is 4.79 Å². The molecule has 5 heteroatoms. The number of aryl methyl sites for hydroxylation is 1. The van der Waals surface area contributed by atoms with Crippen molar-refractivity contribution in [1.82, 2.24) is 4.90 Å². The number of hydrogen-bond acceptors (Lipinski definition) is 3. The Labute approximate surface area is 154 Å². The summed E-state index contributed by atoms with van der Waals surface area (Å²) in [5.41, 5.74) is 2.03. The molecule has 0 bridgehead atoms. The second kappa shape index (κ2) is 9.61. The first-order chi connectivity index (χ1) is 12.5. The van der Waals surface area contributed by atoms with E-state index in [1.54, 1.807) is 14.2 Å². The Hall–Kier alpha value is -2.82. The molecule has 0 aliphatic carbocycles. The number of carboxylic acids is 1. The van der Waals surface area contributed by atoms with Gasteiger partial charge in [-0.3, -0.25) is 4.79 Å². The fourth-order valence-electron chi connectivity index (χ4n) is 2.81. The third-order valence-corrected chi connectivity index (χ3v) is 4.43. The van der Waals surface area contributed by atoms with E-state index in [0.29, 0.717) is 19.3 Å². The molecule has 1 atom stereocenters. The Balaban J connectivity index is 1.88. The normalized spacial score (nSPS) is 11.6. The number of carboxylic acid groups (broad SMARTS) is 1. The standard InChI is InChI=1S/C21H25NO4/c1-22(19(21(24)25)15-17-7-4-3-5-8-17)20(23)10-6-9-16-11-13-18(26-2)14-12-16/h3-5,7-8,11-14,19H,6,9-10,15H2,1-2H3,(H,24,25). The van der Waals surface area contributed by atoms with Gasteiger partial charge in [-0.05, 0) is 36.1 Å². The van der Waals surface area contributed by atoms with E-state index >= 15 is 0 Å². The van der Waals surface area contributed by atoms with Crippen LogP contribution in [-0.2, 0) is 22.4 Å². The zero-order chi connectivity index (χ0) is 18.9. The summed E-state index contributed by atoms with van der Waals surface area (Å²) in [4.78, 5) is 25.4. The Morgan fingerprint density at radius 1 is 1.04 bits per heavy atom. The highest BCUT2D eigenvalue weighted by Crippen LogP contribution is 2.14. The number of nitrogens with zero attached hydrogens (tertiary/aromatic N) is 1. The van der Waals surface area contributed by atoms with Crippen molar-refractivity contribution in [3.05, 3.63) is 65.7 Å². The molecule has 5 nitrogen and oxygen atoms in total. The summed E-state index contributed by atoms with van der Waals surface area (Å²) >= 11 is 0. The molecule has 1 unspecified atom stereocenters. The summed E-state index contributed by atoms with van der Waals surface area (Å²) in [6.07, 6.45) is 2.06. The first kappa shape index (κ1) is 19.5. The topological polar surface area (TPSA) is 66.8 Å². The van der Waals surface area contributed by atoms with Crippen LogP contribution in [-0.4, -0.2) is 42.1 Å². The van der Waals surface area contributed by atoms with E-state index in [9.17, 15) is 14.7 Å². The van der Waals surface area contributed by atoms with Crippen LogP contribution in [0.5, 0.6) is 5.75 Å². The molecule has 0 saturated carbocycles. The van der Waals surface area contributed by atoms with Crippen molar-refractivity contribution in [2.24, 2.45) is 0 Å². The van der Waals surface area contributed by atoms with Gasteiger partial charge in [0.2, 0.25) is 5.91 Å². The molecule has 1 N–H and O–H groups in total. The zero-order valence-electron chi connectivity index (χ0n) is 15.2. The molecule has 0 saturated heterocycles.